The summed E-state index contributed by atoms with van der Waals surface area (Å²) in [4.78, 5) is 17.1. The summed E-state index contributed by atoms with van der Waals surface area (Å²) in [5, 5.41) is 20.9. The number of imidazole rings is 1. The molecule has 0 unspecified atom stereocenters. The molecule has 0 saturated carbocycles. The second kappa shape index (κ2) is 5.17. The summed E-state index contributed by atoms with van der Waals surface area (Å²) in [6.45, 7) is 3.58. The van der Waals surface area contributed by atoms with Gasteiger partial charge in [-0.25, -0.2) is 4.98 Å². The molecule has 0 amide bonds. The van der Waals surface area contributed by atoms with Gasteiger partial charge in [0.2, 0.25) is 0 Å². The fraction of sp³-hybridized carbons (Fsp3) is 0.357. The number of hydrogen-bond donors (Lipinski definition) is 1. The van der Waals surface area contributed by atoms with Crippen LogP contribution in [0, 0.1) is 10.1 Å². The van der Waals surface area contributed by atoms with Crippen LogP contribution in [-0.2, 0) is 13.1 Å². The number of anilines is 1. The quantitative estimate of drug-likeness (QED) is 0.688. The highest BCUT2D eigenvalue weighted by Gasteiger charge is 2.24. The van der Waals surface area contributed by atoms with Gasteiger partial charge < -0.3 is 14.6 Å². The molecule has 1 aromatic carbocycles. The minimum atomic E-state index is -0.724. The summed E-state index contributed by atoms with van der Waals surface area (Å²) in [5.41, 5.74) is 1.14. The van der Waals surface area contributed by atoms with Crippen LogP contribution in [0.5, 0.6) is 0 Å². The number of rotatable bonds is 3. The fourth-order valence-electron chi connectivity index (χ4n) is 2.59. The first-order chi connectivity index (χ1) is 10.1. The van der Waals surface area contributed by atoms with Gasteiger partial charge in [-0.15, -0.1) is 0 Å². The average Bonchev–Trinajstić information content (AvgIpc) is 2.93. The lowest BCUT2D eigenvalue weighted by molar-refractivity contribution is -0.384. The van der Waals surface area contributed by atoms with E-state index >= 15 is 0 Å². The van der Waals surface area contributed by atoms with Crippen LogP contribution in [0.1, 0.15) is 24.4 Å². The molecule has 1 aliphatic rings. The molecule has 21 heavy (non-hydrogen) atoms. The van der Waals surface area contributed by atoms with Crippen LogP contribution in [0.2, 0.25) is 0 Å². The lowest BCUT2D eigenvalue weighted by Crippen LogP contribution is -2.34. The van der Waals surface area contributed by atoms with Gasteiger partial charge in [0.15, 0.2) is 0 Å². The van der Waals surface area contributed by atoms with Gasteiger partial charge in [-0.1, -0.05) is 6.07 Å². The lowest BCUT2D eigenvalue weighted by Gasteiger charge is -2.29. The molecule has 1 atom stereocenters. The summed E-state index contributed by atoms with van der Waals surface area (Å²) in [5.74, 6) is 0.898. The van der Waals surface area contributed by atoms with E-state index in [4.69, 9.17) is 0 Å². The van der Waals surface area contributed by atoms with E-state index < -0.39 is 11.0 Å². The summed E-state index contributed by atoms with van der Waals surface area (Å²) in [7, 11) is 0. The van der Waals surface area contributed by atoms with E-state index in [1.54, 1.807) is 25.3 Å². The van der Waals surface area contributed by atoms with Crippen LogP contribution in [0.15, 0.2) is 30.6 Å². The van der Waals surface area contributed by atoms with E-state index in [-0.39, 0.29) is 5.69 Å². The van der Waals surface area contributed by atoms with Crippen LogP contribution in [0.4, 0.5) is 11.4 Å². The Balaban J connectivity index is 1.97. The number of aromatic nitrogens is 2. The van der Waals surface area contributed by atoms with E-state index in [1.807, 2.05) is 15.7 Å². The Hall–Kier alpha value is -2.41. The Kier molecular flexibility index (Phi) is 3.34. The molecule has 2 heterocycles. The number of benzene rings is 1. The number of aliphatic hydroxyl groups excluding tert-OH is 1. The molecule has 1 aromatic heterocycles. The third-order valence-corrected chi connectivity index (χ3v) is 3.76. The molecular formula is C14H16N4O3. The molecule has 1 N–H and O–H groups in total. The molecule has 0 aliphatic carbocycles. The van der Waals surface area contributed by atoms with Crippen LogP contribution in [-0.4, -0.2) is 26.1 Å². The topological polar surface area (TPSA) is 84.4 Å². The van der Waals surface area contributed by atoms with Gasteiger partial charge in [0.1, 0.15) is 11.5 Å². The van der Waals surface area contributed by atoms with Crippen LogP contribution in [0.25, 0.3) is 0 Å². The summed E-state index contributed by atoms with van der Waals surface area (Å²) < 4.78 is 2.05. The summed E-state index contributed by atoms with van der Waals surface area (Å²) in [6, 6.07) is 4.88. The zero-order valence-electron chi connectivity index (χ0n) is 11.6. The third-order valence-electron chi connectivity index (χ3n) is 3.76. The van der Waals surface area contributed by atoms with Crippen molar-refractivity contribution in [2.24, 2.45) is 0 Å². The van der Waals surface area contributed by atoms with E-state index in [2.05, 4.69) is 4.98 Å². The van der Waals surface area contributed by atoms with E-state index in [0.29, 0.717) is 24.3 Å². The number of nitro benzene ring substituents is 1. The van der Waals surface area contributed by atoms with E-state index in [9.17, 15) is 15.2 Å². The highest BCUT2D eigenvalue weighted by Crippen LogP contribution is 2.32. The molecule has 7 heteroatoms. The van der Waals surface area contributed by atoms with Gasteiger partial charge in [0.25, 0.3) is 5.69 Å². The SMILES string of the molecule is C[C@H](O)c1ccc(N2CCn3ccnc3C2)c([N+](=O)[O-])c1. The minimum absolute atomic E-state index is 0.0217. The van der Waals surface area contributed by atoms with Crippen molar-refractivity contribution >= 4 is 11.4 Å². The molecule has 7 nitrogen and oxygen atoms in total. The lowest BCUT2D eigenvalue weighted by atomic mass is 10.1. The van der Waals surface area contributed by atoms with Crippen LogP contribution >= 0.6 is 0 Å². The first-order valence-corrected chi connectivity index (χ1v) is 6.77. The Labute approximate surface area is 121 Å². The molecule has 3 rings (SSSR count). The van der Waals surface area contributed by atoms with Gasteiger partial charge >= 0.3 is 0 Å². The zero-order valence-corrected chi connectivity index (χ0v) is 11.6. The number of fused-ring (bicyclic) bond motifs is 1. The van der Waals surface area contributed by atoms with Crippen LogP contribution in [0.3, 0.4) is 0 Å². The molecule has 0 bridgehead atoms. The minimum Gasteiger partial charge on any atom is -0.389 e. The molecule has 2 aromatic rings. The van der Waals surface area contributed by atoms with E-state index in [1.165, 1.54) is 6.07 Å². The Morgan fingerprint density at radius 3 is 2.95 bits per heavy atom. The third kappa shape index (κ3) is 2.47. The normalized spacial score (nSPS) is 15.6. The standard InChI is InChI=1S/C14H16N4O3/c1-10(19)11-2-3-12(13(8-11)18(20)21)17-7-6-16-5-4-15-14(16)9-17/h2-5,8,10,19H,6-7,9H2,1H3/t10-/m0/s1. The molecule has 110 valence electrons. The predicted octanol–water partition coefficient (Wildman–Crippen LogP) is 1.86. The van der Waals surface area contributed by atoms with E-state index in [0.717, 1.165) is 12.4 Å². The van der Waals surface area contributed by atoms with Crippen molar-refractivity contribution in [3.63, 3.8) is 0 Å². The average molecular weight is 288 g/mol. The van der Waals surface area contributed by atoms with Crippen LogP contribution < -0.4 is 4.90 Å². The van der Waals surface area contributed by atoms with Crippen molar-refractivity contribution in [1.82, 2.24) is 9.55 Å². The monoisotopic (exact) mass is 288 g/mol. The Morgan fingerprint density at radius 2 is 2.24 bits per heavy atom. The molecule has 0 radical (unpaired) electrons. The van der Waals surface area contributed by atoms with Crippen molar-refractivity contribution in [3.05, 3.63) is 52.1 Å². The molecule has 0 spiro atoms. The van der Waals surface area contributed by atoms with Crippen molar-refractivity contribution in [2.75, 3.05) is 11.4 Å². The number of nitrogens with zero attached hydrogens (tertiary/aromatic N) is 4. The highest BCUT2D eigenvalue weighted by molar-refractivity contribution is 5.64. The van der Waals surface area contributed by atoms with Gasteiger partial charge in [-0.2, -0.15) is 0 Å². The van der Waals surface area contributed by atoms with Crippen molar-refractivity contribution in [3.8, 4) is 0 Å². The Bertz CT molecular complexity index is 681. The maximum atomic E-state index is 11.3. The predicted molar refractivity (Wildman–Crippen MR) is 77.0 cm³/mol. The van der Waals surface area contributed by atoms with Gasteiger partial charge in [-0.3, -0.25) is 10.1 Å². The fourth-order valence-corrected chi connectivity index (χ4v) is 2.59. The maximum absolute atomic E-state index is 11.3. The van der Waals surface area contributed by atoms with Crippen molar-refractivity contribution in [2.45, 2.75) is 26.1 Å². The number of aliphatic hydroxyl groups is 1. The zero-order chi connectivity index (χ0) is 15.0. The van der Waals surface area contributed by atoms with Crippen molar-refractivity contribution < 1.29 is 10.0 Å². The molecule has 0 saturated heterocycles. The summed E-state index contributed by atoms with van der Waals surface area (Å²) in [6.07, 6.45) is 2.93. The highest BCUT2D eigenvalue weighted by atomic mass is 16.6. The van der Waals surface area contributed by atoms with Crippen molar-refractivity contribution in [1.29, 1.82) is 0 Å². The maximum Gasteiger partial charge on any atom is 0.292 e. The first kappa shape index (κ1) is 13.6. The largest absolute Gasteiger partial charge is 0.389 e. The second-order valence-corrected chi connectivity index (χ2v) is 5.14. The van der Waals surface area contributed by atoms with Gasteiger partial charge in [0.05, 0.1) is 17.6 Å². The molecule has 1 aliphatic heterocycles. The first-order valence-electron chi connectivity index (χ1n) is 6.77. The number of hydrogen-bond acceptors (Lipinski definition) is 5. The summed E-state index contributed by atoms with van der Waals surface area (Å²) >= 11 is 0. The molecule has 0 fully saturated rings. The second-order valence-electron chi connectivity index (χ2n) is 5.14. The number of nitro groups is 1. The Morgan fingerprint density at radius 1 is 1.43 bits per heavy atom. The molecular weight excluding hydrogens is 272 g/mol. The van der Waals surface area contributed by atoms with Gasteiger partial charge in [-0.05, 0) is 18.6 Å². The van der Waals surface area contributed by atoms with Gasteiger partial charge in [0, 0.05) is 31.5 Å². The smallest absolute Gasteiger partial charge is 0.292 e.